The van der Waals surface area contributed by atoms with Crippen LogP contribution in [0.1, 0.15) is 25.9 Å². The predicted molar refractivity (Wildman–Crippen MR) is 116 cm³/mol. The second kappa shape index (κ2) is 9.26. The Morgan fingerprint density at radius 1 is 0.931 bits per heavy atom. The number of carbonyl (C=O) groups excluding carboxylic acids is 1. The summed E-state index contributed by atoms with van der Waals surface area (Å²) in [7, 11) is 0. The molecule has 0 radical (unpaired) electrons. The minimum Gasteiger partial charge on any atom is -0.320 e. The van der Waals surface area contributed by atoms with Crippen molar-refractivity contribution >= 4 is 22.9 Å². The van der Waals surface area contributed by atoms with Crippen molar-refractivity contribution in [2.24, 2.45) is 0 Å². The van der Waals surface area contributed by atoms with E-state index in [1.807, 2.05) is 31.2 Å². The normalized spacial score (nSPS) is 15.3. The van der Waals surface area contributed by atoms with Crippen LogP contribution in [0, 0.1) is 6.92 Å². The van der Waals surface area contributed by atoms with Gasteiger partial charge in [0.05, 0.1) is 6.54 Å². The van der Waals surface area contributed by atoms with E-state index in [-0.39, 0.29) is 5.91 Å². The molecule has 0 bridgehead atoms. The minimum atomic E-state index is -0.203. The number of anilines is 1. The first-order valence-corrected chi connectivity index (χ1v) is 10.7. The number of amides is 1. The first-order valence-electron chi connectivity index (χ1n) is 9.85. The van der Waals surface area contributed by atoms with Crippen LogP contribution in [0.25, 0.3) is 0 Å². The highest BCUT2D eigenvalue weighted by Gasteiger charge is 2.20. The smallest absolute Gasteiger partial charge is 0.286 e. The van der Waals surface area contributed by atoms with Gasteiger partial charge in [0.15, 0.2) is 0 Å². The van der Waals surface area contributed by atoms with E-state index in [1.165, 1.54) is 16.9 Å². The highest BCUT2D eigenvalue weighted by molar-refractivity contribution is 7.13. The van der Waals surface area contributed by atoms with Gasteiger partial charge in [0.25, 0.3) is 5.91 Å². The van der Waals surface area contributed by atoms with Gasteiger partial charge in [-0.25, -0.2) is 0 Å². The zero-order chi connectivity index (χ0) is 20.1. The van der Waals surface area contributed by atoms with Gasteiger partial charge >= 0.3 is 0 Å². The van der Waals surface area contributed by atoms with Crippen molar-refractivity contribution in [1.29, 1.82) is 0 Å². The average molecular weight is 408 g/mol. The molecule has 1 aliphatic heterocycles. The van der Waals surface area contributed by atoms with E-state index < -0.39 is 0 Å². The molecule has 1 aromatic heterocycles. The zero-order valence-electron chi connectivity index (χ0n) is 16.5. The largest absolute Gasteiger partial charge is 0.320 e. The summed E-state index contributed by atoms with van der Waals surface area (Å²) in [5.41, 5.74) is 3.28. The summed E-state index contributed by atoms with van der Waals surface area (Å²) in [5, 5.41) is 12.5. The number of piperazine rings is 1. The third kappa shape index (κ3) is 5.47. The molecule has 1 N–H and O–H groups in total. The van der Waals surface area contributed by atoms with Gasteiger partial charge in [-0.3, -0.25) is 14.6 Å². The number of hydrogen-bond acceptors (Lipinski definition) is 6. The Balaban J connectivity index is 1.26. The number of benzene rings is 2. The summed E-state index contributed by atoms with van der Waals surface area (Å²) < 4.78 is 0. The van der Waals surface area contributed by atoms with E-state index >= 15 is 0 Å². The third-order valence-corrected chi connectivity index (χ3v) is 5.95. The number of rotatable bonds is 6. The molecule has 2 aromatic carbocycles. The fraction of sp³-hybridized carbons (Fsp3) is 0.318. The summed E-state index contributed by atoms with van der Waals surface area (Å²) in [6, 6.07) is 18.3. The van der Waals surface area contributed by atoms with Gasteiger partial charge in [-0.15, -0.1) is 10.2 Å². The van der Waals surface area contributed by atoms with Crippen LogP contribution in [0.5, 0.6) is 0 Å². The Hall–Kier alpha value is -2.61. The lowest BCUT2D eigenvalue weighted by atomic mass is 10.2. The zero-order valence-corrected chi connectivity index (χ0v) is 17.4. The van der Waals surface area contributed by atoms with Crippen LogP contribution in [0.2, 0.25) is 0 Å². The van der Waals surface area contributed by atoms with Gasteiger partial charge < -0.3 is 5.32 Å². The van der Waals surface area contributed by atoms with Gasteiger partial charge in [-0.1, -0.05) is 59.4 Å². The monoisotopic (exact) mass is 407 g/mol. The van der Waals surface area contributed by atoms with Crippen molar-refractivity contribution in [2.45, 2.75) is 20.0 Å². The topological polar surface area (TPSA) is 61.4 Å². The number of hydrogen-bond donors (Lipinski definition) is 1. The van der Waals surface area contributed by atoms with E-state index in [0.29, 0.717) is 5.01 Å². The maximum Gasteiger partial charge on any atom is 0.286 e. The maximum atomic E-state index is 12.4. The Kier molecular flexibility index (Phi) is 6.29. The first kappa shape index (κ1) is 19.7. The van der Waals surface area contributed by atoms with Crippen LogP contribution >= 0.6 is 11.3 Å². The lowest BCUT2D eigenvalue weighted by Crippen LogP contribution is -2.45. The molecule has 29 heavy (non-hydrogen) atoms. The van der Waals surface area contributed by atoms with Crippen molar-refractivity contribution in [3.05, 3.63) is 75.7 Å². The lowest BCUT2D eigenvalue weighted by molar-refractivity contribution is 0.102. The minimum absolute atomic E-state index is 0.203. The molecule has 0 atom stereocenters. The van der Waals surface area contributed by atoms with Gasteiger partial charge in [0.1, 0.15) is 5.01 Å². The highest BCUT2D eigenvalue weighted by Crippen LogP contribution is 2.17. The molecule has 4 rings (SSSR count). The predicted octanol–water partition coefficient (Wildman–Crippen LogP) is 3.42. The molecule has 1 amide bonds. The molecule has 2 heterocycles. The van der Waals surface area contributed by atoms with Crippen molar-refractivity contribution < 1.29 is 4.79 Å². The molecule has 0 spiro atoms. The second-order valence-corrected chi connectivity index (χ2v) is 8.42. The molecule has 0 aliphatic carbocycles. The summed E-state index contributed by atoms with van der Waals surface area (Å²) >= 11 is 1.37. The number of aryl methyl sites for hydroxylation is 1. The molecule has 1 aliphatic rings. The van der Waals surface area contributed by atoms with Crippen molar-refractivity contribution in [3.8, 4) is 0 Å². The maximum absolute atomic E-state index is 12.4. The number of carbonyl (C=O) groups is 1. The van der Waals surface area contributed by atoms with E-state index in [4.69, 9.17) is 0 Å². The van der Waals surface area contributed by atoms with Crippen molar-refractivity contribution in [1.82, 2.24) is 20.0 Å². The molecule has 6 nitrogen and oxygen atoms in total. The fourth-order valence-electron chi connectivity index (χ4n) is 3.37. The van der Waals surface area contributed by atoms with E-state index in [0.717, 1.165) is 55.5 Å². The Morgan fingerprint density at radius 3 is 2.28 bits per heavy atom. The molecule has 0 saturated carbocycles. The summed E-state index contributed by atoms with van der Waals surface area (Å²) in [6.07, 6.45) is 0. The summed E-state index contributed by atoms with van der Waals surface area (Å²) in [5.74, 6) is -0.203. The first-order chi connectivity index (χ1) is 14.2. The molecular formula is C22H25N5OS. The molecule has 3 aromatic rings. The Morgan fingerprint density at radius 2 is 1.59 bits per heavy atom. The second-order valence-electron chi connectivity index (χ2n) is 7.36. The van der Waals surface area contributed by atoms with Crippen molar-refractivity contribution in [2.75, 3.05) is 31.5 Å². The van der Waals surface area contributed by atoms with Gasteiger partial charge in [0, 0.05) is 38.4 Å². The molecule has 150 valence electrons. The standard InChI is InChI=1S/C22H25N5OS/c1-17-7-9-19(10-8-17)23-21(28)22-25-24-20(29-22)16-27-13-11-26(12-14-27)15-18-5-3-2-4-6-18/h2-10H,11-16H2,1H3,(H,23,28). The van der Waals surface area contributed by atoms with E-state index in [9.17, 15) is 4.79 Å². The molecular weight excluding hydrogens is 382 g/mol. The summed E-state index contributed by atoms with van der Waals surface area (Å²) in [6.45, 7) is 7.83. The fourth-order valence-corrected chi connectivity index (χ4v) is 4.15. The third-order valence-electron chi connectivity index (χ3n) is 5.04. The molecule has 1 saturated heterocycles. The Labute approximate surface area is 175 Å². The van der Waals surface area contributed by atoms with E-state index in [2.05, 4.69) is 55.6 Å². The van der Waals surface area contributed by atoms with E-state index in [1.54, 1.807) is 0 Å². The van der Waals surface area contributed by atoms with Gasteiger partial charge in [-0.05, 0) is 24.6 Å². The Bertz CT molecular complexity index is 933. The summed E-state index contributed by atoms with van der Waals surface area (Å²) in [4.78, 5) is 17.3. The number of aromatic nitrogens is 2. The average Bonchev–Trinajstić information content (AvgIpc) is 3.21. The number of nitrogens with zero attached hydrogens (tertiary/aromatic N) is 4. The van der Waals surface area contributed by atoms with Crippen LogP contribution < -0.4 is 5.32 Å². The quantitative estimate of drug-likeness (QED) is 0.678. The molecule has 0 unspecified atom stereocenters. The lowest BCUT2D eigenvalue weighted by Gasteiger charge is -2.34. The SMILES string of the molecule is Cc1ccc(NC(=O)c2nnc(CN3CCN(Cc4ccccc4)CC3)s2)cc1. The van der Waals surface area contributed by atoms with Crippen LogP contribution in [-0.2, 0) is 13.1 Å². The van der Waals surface area contributed by atoms with Crippen LogP contribution in [0.4, 0.5) is 5.69 Å². The number of nitrogens with one attached hydrogen (secondary N) is 1. The van der Waals surface area contributed by atoms with Crippen LogP contribution in [0.3, 0.4) is 0 Å². The molecule has 7 heteroatoms. The van der Waals surface area contributed by atoms with Crippen LogP contribution in [0.15, 0.2) is 54.6 Å². The highest BCUT2D eigenvalue weighted by atomic mass is 32.1. The molecule has 1 fully saturated rings. The van der Waals surface area contributed by atoms with Gasteiger partial charge in [0.2, 0.25) is 5.01 Å². The van der Waals surface area contributed by atoms with Crippen molar-refractivity contribution in [3.63, 3.8) is 0 Å². The van der Waals surface area contributed by atoms with Gasteiger partial charge in [-0.2, -0.15) is 0 Å². The van der Waals surface area contributed by atoms with Crippen LogP contribution in [-0.4, -0.2) is 52.1 Å².